The Balaban J connectivity index is 1.55. The molecule has 1 aliphatic rings. The molecular formula is C32H37ClN2O3S. The van der Waals surface area contributed by atoms with E-state index in [1.54, 1.807) is 23.8 Å². The van der Waals surface area contributed by atoms with E-state index in [2.05, 4.69) is 5.32 Å². The van der Waals surface area contributed by atoms with Gasteiger partial charge in [-0.05, 0) is 47.7 Å². The van der Waals surface area contributed by atoms with Crippen LogP contribution in [0.25, 0.3) is 0 Å². The number of ether oxygens (including phenoxy) is 1. The lowest BCUT2D eigenvalue weighted by Gasteiger charge is -2.33. The molecule has 1 atom stereocenters. The minimum absolute atomic E-state index is 0.0758. The van der Waals surface area contributed by atoms with Crippen LogP contribution in [0.2, 0.25) is 5.02 Å². The summed E-state index contributed by atoms with van der Waals surface area (Å²) in [7, 11) is 1.65. The summed E-state index contributed by atoms with van der Waals surface area (Å²) >= 11 is 8.07. The van der Waals surface area contributed by atoms with Crippen LogP contribution in [0.5, 0.6) is 5.75 Å². The number of thioether (sulfide) groups is 1. The predicted octanol–water partition coefficient (Wildman–Crippen LogP) is 6.67. The molecule has 7 heteroatoms. The van der Waals surface area contributed by atoms with Gasteiger partial charge in [-0.3, -0.25) is 9.59 Å². The number of amides is 2. The number of rotatable bonds is 12. The number of methoxy groups -OCH3 is 1. The maximum atomic E-state index is 13.8. The van der Waals surface area contributed by atoms with E-state index in [-0.39, 0.29) is 30.2 Å². The van der Waals surface area contributed by atoms with Crippen molar-refractivity contribution < 1.29 is 14.3 Å². The fourth-order valence-electron chi connectivity index (χ4n) is 4.97. The van der Waals surface area contributed by atoms with Crippen LogP contribution in [-0.2, 0) is 28.3 Å². The van der Waals surface area contributed by atoms with Gasteiger partial charge in [0.25, 0.3) is 0 Å². The van der Waals surface area contributed by atoms with Crippen molar-refractivity contribution in [2.75, 3.05) is 12.9 Å². The largest absolute Gasteiger partial charge is 0.497 e. The Morgan fingerprint density at radius 3 is 2.33 bits per heavy atom. The highest BCUT2D eigenvalue weighted by Gasteiger charge is 2.32. The molecule has 39 heavy (non-hydrogen) atoms. The molecule has 5 nitrogen and oxygen atoms in total. The zero-order valence-corrected chi connectivity index (χ0v) is 24.1. The Bertz CT molecular complexity index is 1200. The van der Waals surface area contributed by atoms with Crippen LogP contribution < -0.4 is 10.1 Å². The van der Waals surface area contributed by atoms with Crippen LogP contribution in [0.3, 0.4) is 0 Å². The van der Waals surface area contributed by atoms with E-state index in [4.69, 9.17) is 16.3 Å². The summed E-state index contributed by atoms with van der Waals surface area (Å²) in [5, 5.41) is 3.87. The lowest BCUT2D eigenvalue weighted by molar-refractivity contribution is -0.139. The maximum absolute atomic E-state index is 13.8. The van der Waals surface area contributed by atoms with Crippen LogP contribution in [0, 0.1) is 0 Å². The summed E-state index contributed by atoms with van der Waals surface area (Å²) < 4.78 is 5.25. The number of carbonyl (C=O) groups excluding carboxylic acids is 2. The third kappa shape index (κ3) is 8.77. The average Bonchev–Trinajstić information content (AvgIpc) is 2.97. The first-order valence-corrected chi connectivity index (χ1v) is 15.1. The van der Waals surface area contributed by atoms with E-state index in [1.807, 2.05) is 78.9 Å². The van der Waals surface area contributed by atoms with Crippen LogP contribution in [-0.4, -0.2) is 41.7 Å². The molecule has 1 saturated carbocycles. The number of halogens is 1. The molecule has 1 fully saturated rings. The van der Waals surface area contributed by atoms with Crippen LogP contribution >= 0.6 is 23.4 Å². The van der Waals surface area contributed by atoms with Gasteiger partial charge in [-0.2, -0.15) is 0 Å². The first kappa shape index (κ1) is 29.0. The van der Waals surface area contributed by atoms with Gasteiger partial charge in [0.2, 0.25) is 11.8 Å². The summed E-state index contributed by atoms with van der Waals surface area (Å²) in [5.41, 5.74) is 2.96. The number of nitrogens with zero attached hydrogens (tertiary/aromatic N) is 1. The first-order chi connectivity index (χ1) is 19.0. The molecule has 206 valence electrons. The molecule has 0 bridgehead atoms. The molecular weight excluding hydrogens is 528 g/mol. The quantitative estimate of drug-likeness (QED) is 0.267. The summed E-state index contributed by atoms with van der Waals surface area (Å²) in [6.45, 7) is 0.275. The van der Waals surface area contributed by atoms with E-state index < -0.39 is 6.04 Å². The SMILES string of the molecule is COc1ccc(CSCC(=O)N(Cc2ccccc2Cl)C(Cc2ccccc2)C(=O)NC2CCCCC2)cc1. The molecule has 0 spiro atoms. The monoisotopic (exact) mass is 564 g/mol. The summed E-state index contributed by atoms with van der Waals surface area (Å²) in [6, 6.07) is 24.8. The Morgan fingerprint density at radius 1 is 0.949 bits per heavy atom. The van der Waals surface area contributed by atoms with E-state index in [9.17, 15) is 9.59 Å². The van der Waals surface area contributed by atoms with Crippen molar-refractivity contribution >= 4 is 35.2 Å². The highest BCUT2D eigenvalue weighted by molar-refractivity contribution is 7.99. The van der Waals surface area contributed by atoms with Crippen LogP contribution in [0.4, 0.5) is 0 Å². The number of nitrogens with one attached hydrogen (secondary N) is 1. The number of carbonyl (C=O) groups is 2. The third-order valence-electron chi connectivity index (χ3n) is 7.17. The van der Waals surface area contributed by atoms with E-state index in [1.165, 1.54) is 6.42 Å². The third-order valence-corrected chi connectivity index (χ3v) is 8.53. The lowest BCUT2D eigenvalue weighted by atomic mass is 9.94. The Kier molecular flexibility index (Phi) is 11.2. The summed E-state index contributed by atoms with van der Waals surface area (Å²) in [4.78, 5) is 29.4. The minimum Gasteiger partial charge on any atom is -0.497 e. The smallest absolute Gasteiger partial charge is 0.243 e. The van der Waals surface area contributed by atoms with E-state index >= 15 is 0 Å². The van der Waals surface area contributed by atoms with Crippen LogP contribution in [0.1, 0.15) is 48.8 Å². The standard InChI is InChI=1S/C32H37ClN2O3S/c1-38-28-18-16-25(17-19-28)22-39-23-31(36)35(21-26-12-8-9-15-29(26)33)30(20-24-10-4-2-5-11-24)32(37)34-27-13-6-3-7-14-27/h2,4-5,8-12,15-19,27,30H,3,6-7,13-14,20-23H2,1H3,(H,34,37). The van der Waals surface area contributed by atoms with E-state index in [0.29, 0.717) is 17.2 Å². The van der Waals surface area contributed by atoms with Gasteiger partial charge in [-0.1, -0.05) is 91.5 Å². The maximum Gasteiger partial charge on any atom is 0.243 e. The van der Waals surface area contributed by atoms with Crippen molar-refractivity contribution in [1.29, 1.82) is 0 Å². The number of benzene rings is 3. The normalized spacial score (nSPS) is 14.4. The van der Waals surface area contributed by atoms with Gasteiger partial charge in [-0.15, -0.1) is 11.8 Å². The summed E-state index contributed by atoms with van der Waals surface area (Å²) in [5.74, 6) is 1.59. The second-order valence-electron chi connectivity index (χ2n) is 10.0. The number of hydrogen-bond acceptors (Lipinski definition) is 4. The zero-order valence-electron chi connectivity index (χ0n) is 22.5. The molecule has 3 aromatic rings. The van der Waals surface area contributed by atoms with Crippen molar-refractivity contribution in [2.45, 2.75) is 62.9 Å². The molecule has 2 amide bonds. The predicted molar refractivity (Wildman–Crippen MR) is 160 cm³/mol. The molecule has 1 unspecified atom stereocenters. The highest BCUT2D eigenvalue weighted by atomic mass is 35.5. The molecule has 0 aromatic heterocycles. The minimum atomic E-state index is -0.639. The molecule has 0 aliphatic heterocycles. The number of hydrogen-bond donors (Lipinski definition) is 1. The fourth-order valence-corrected chi connectivity index (χ4v) is 6.04. The van der Waals surface area contributed by atoms with Crippen molar-refractivity contribution in [1.82, 2.24) is 10.2 Å². The Hall–Kier alpha value is -2.96. The Labute approximate surface area is 241 Å². The van der Waals surface area contributed by atoms with E-state index in [0.717, 1.165) is 48.1 Å². The lowest BCUT2D eigenvalue weighted by Crippen LogP contribution is -2.53. The van der Waals surface area contributed by atoms with Crippen molar-refractivity contribution in [3.63, 3.8) is 0 Å². The van der Waals surface area contributed by atoms with Gasteiger partial charge in [-0.25, -0.2) is 0 Å². The van der Waals surface area contributed by atoms with Gasteiger partial charge in [0, 0.05) is 29.8 Å². The van der Waals surface area contributed by atoms with Gasteiger partial charge in [0.15, 0.2) is 0 Å². The molecule has 0 saturated heterocycles. The topological polar surface area (TPSA) is 58.6 Å². The summed E-state index contributed by atoms with van der Waals surface area (Å²) in [6.07, 6.45) is 5.87. The van der Waals surface area contributed by atoms with Gasteiger partial charge in [0.05, 0.1) is 12.9 Å². The Morgan fingerprint density at radius 2 is 1.64 bits per heavy atom. The van der Waals surface area contributed by atoms with Gasteiger partial charge in [0.1, 0.15) is 11.8 Å². The molecule has 1 aliphatic carbocycles. The zero-order chi connectivity index (χ0) is 27.5. The molecule has 4 rings (SSSR count). The fraction of sp³-hybridized carbons (Fsp3) is 0.375. The average molecular weight is 565 g/mol. The van der Waals surface area contributed by atoms with Crippen molar-refractivity contribution in [3.05, 3.63) is 101 Å². The molecule has 0 radical (unpaired) electrons. The van der Waals surface area contributed by atoms with Gasteiger partial charge >= 0.3 is 0 Å². The molecule has 3 aromatic carbocycles. The van der Waals surface area contributed by atoms with Crippen molar-refractivity contribution in [3.8, 4) is 5.75 Å². The first-order valence-electron chi connectivity index (χ1n) is 13.6. The molecule has 0 heterocycles. The second-order valence-corrected chi connectivity index (χ2v) is 11.4. The molecule has 1 N–H and O–H groups in total. The second kappa shape index (κ2) is 15.0. The van der Waals surface area contributed by atoms with Gasteiger partial charge < -0.3 is 15.0 Å². The highest BCUT2D eigenvalue weighted by Crippen LogP contribution is 2.24. The van der Waals surface area contributed by atoms with Crippen molar-refractivity contribution in [2.24, 2.45) is 0 Å². The van der Waals surface area contributed by atoms with Crippen LogP contribution in [0.15, 0.2) is 78.9 Å².